The molecule has 2 aromatic carbocycles. The number of carbonyl (C=O) groups excluding carboxylic acids is 1. The Bertz CT molecular complexity index is 1490. The molecule has 2 atom stereocenters. The number of aliphatic hydroxyl groups excluding tert-OH is 1. The monoisotopic (exact) mass is 476 g/mol. The van der Waals surface area contributed by atoms with Crippen LogP contribution in [-0.2, 0) is 16.3 Å². The van der Waals surface area contributed by atoms with E-state index in [1.807, 2.05) is 24.3 Å². The minimum absolute atomic E-state index is 0.248. The van der Waals surface area contributed by atoms with E-state index < -0.39 is 27.2 Å². The van der Waals surface area contributed by atoms with Gasteiger partial charge in [-0.3, -0.25) is 4.79 Å². The second kappa shape index (κ2) is 8.34. The Hall–Kier alpha value is -3.56. The lowest BCUT2D eigenvalue weighted by Crippen LogP contribution is -2.33. The molecule has 0 fully saturated rings. The number of nitrogens with one attached hydrogen (secondary N) is 2. The molecule has 9 heteroatoms. The minimum atomic E-state index is -3.37. The van der Waals surface area contributed by atoms with Crippen LogP contribution in [-0.4, -0.2) is 45.7 Å². The summed E-state index contributed by atoms with van der Waals surface area (Å²) in [4.78, 5) is 25.3. The molecule has 1 aliphatic carbocycles. The van der Waals surface area contributed by atoms with Crippen molar-refractivity contribution in [3.8, 4) is 11.3 Å². The highest BCUT2D eigenvalue weighted by Crippen LogP contribution is 2.32. The third kappa shape index (κ3) is 3.76. The van der Waals surface area contributed by atoms with Crippen LogP contribution in [0.5, 0.6) is 0 Å². The summed E-state index contributed by atoms with van der Waals surface area (Å²) < 4.78 is 24.8. The van der Waals surface area contributed by atoms with Gasteiger partial charge in [0.25, 0.3) is 5.91 Å². The molecule has 1 amide bonds. The van der Waals surface area contributed by atoms with Crippen molar-refractivity contribution in [3.05, 3.63) is 77.6 Å². The van der Waals surface area contributed by atoms with Gasteiger partial charge in [0, 0.05) is 18.2 Å². The minimum Gasteiger partial charge on any atom is -0.390 e. The largest absolute Gasteiger partial charge is 0.390 e. The van der Waals surface area contributed by atoms with Crippen molar-refractivity contribution in [1.82, 2.24) is 20.3 Å². The molecular formula is C25H24N4O4S. The second-order valence-electron chi connectivity index (χ2n) is 8.69. The number of benzene rings is 2. The molecule has 0 radical (unpaired) electrons. The van der Waals surface area contributed by atoms with Gasteiger partial charge < -0.3 is 15.4 Å². The van der Waals surface area contributed by atoms with E-state index in [1.54, 1.807) is 50.5 Å². The number of amides is 1. The van der Waals surface area contributed by atoms with Crippen LogP contribution < -0.4 is 5.32 Å². The van der Waals surface area contributed by atoms with Crippen LogP contribution in [0.1, 0.15) is 41.4 Å². The molecule has 0 unspecified atom stereocenters. The average Bonchev–Trinajstić information content (AvgIpc) is 3.39. The molecular weight excluding hydrogens is 452 g/mol. The van der Waals surface area contributed by atoms with Crippen LogP contribution in [0.4, 0.5) is 0 Å². The number of hydrogen-bond donors (Lipinski definition) is 3. The zero-order chi connectivity index (χ0) is 24.0. The lowest BCUT2D eigenvalue weighted by molar-refractivity contribution is 0.0859. The summed E-state index contributed by atoms with van der Waals surface area (Å²) in [5.74, 6) is -0.364. The van der Waals surface area contributed by atoms with Crippen molar-refractivity contribution in [1.29, 1.82) is 0 Å². The lowest BCUT2D eigenvalue weighted by Gasteiger charge is -2.17. The molecule has 3 N–H and O–H groups in total. The molecule has 2 aromatic heterocycles. The van der Waals surface area contributed by atoms with Crippen molar-refractivity contribution in [2.45, 2.75) is 42.6 Å². The molecule has 5 rings (SSSR count). The number of aromatic amines is 1. The first-order chi connectivity index (χ1) is 16.3. The summed E-state index contributed by atoms with van der Waals surface area (Å²) in [6.07, 6.45) is 2.91. The normalized spacial score (nSPS) is 17.8. The lowest BCUT2D eigenvalue weighted by atomic mass is 10.1. The van der Waals surface area contributed by atoms with Gasteiger partial charge in [0.05, 0.1) is 39.7 Å². The number of rotatable bonds is 5. The standard InChI is InChI=1S/C25H24N4O4S/c1-14(2)34(32,33)17-9-7-15(8-10-17)20-13-27-24-23(28-20)19(12-26-24)25(31)29-22-18-6-4-3-5-16(18)11-21(22)30/h3-10,12-14,21-22,30H,11H2,1-2H3,(H,26,27)(H,29,31)/t21-,22+/m0/s1. The van der Waals surface area contributed by atoms with E-state index in [2.05, 4.69) is 20.3 Å². The van der Waals surface area contributed by atoms with E-state index in [0.717, 1.165) is 11.1 Å². The Labute approximate surface area is 197 Å². The Morgan fingerprint density at radius 1 is 1.15 bits per heavy atom. The summed E-state index contributed by atoms with van der Waals surface area (Å²) in [6.45, 7) is 3.29. The van der Waals surface area contributed by atoms with E-state index in [9.17, 15) is 18.3 Å². The Morgan fingerprint density at radius 3 is 2.62 bits per heavy atom. The maximum atomic E-state index is 13.1. The first kappa shape index (κ1) is 22.2. The van der Waals surface area contributed by atoms with Gasteiger partial charge in [-0.15, -0.1) is 0 Å². The zero-order valence-corrected chi connectivity index (χ0v) is 19.5. The summed E-state index contributed by atoms with van der Waals surface area (Å²) >= 11 is 0. The zero-order valence-electron chi connectivity index (χ0n) is 18.7. The molecule has 0 saturated carbocycles. The number of fused-ring (bicyclic) bond motifs is 2. The molecule has 0 spiro atoms. The fraction of sp³-hybridized carbons (Fsp3) is 0.240. The SMILES string of the molecule is CC(C)S(=O)(=O)c1ccc(-c2cnc3[nH]cc(C(=O)N[C@@H]4c5ccccc5C[C@@H]4O)c3n2)cc1. The van der Waals surface area contributed by atoms with Crippen molar-refractivity contribution in [3.63, 3.8) is 0 Å². The topological polar surface area (TPSA) is 125 Å². The van der Waals surface area contributed by atoms with Crippen molar-refractivity contribution in [2.75, 3.05) is 0 Å². The summed E-state index contributed by atoms with van der Waals surface area (Å²) in [7, 11) is -3.37. The predicted molar refractivity (Wildman–Crippen MR) is 128 cm³/mol. The molecule has 0 bridgehead atoms. The van der Waals surface area contributed by atoms with E-state index >= 15 is 0 Å². The summed E-state index contributed by atoms with van der Waals surface area (Å²) in [6, 6.07) is 13.6. The first-order valence-corrected chi connectivity index (χ1v) is 12.6. The highest BCUT2D eigenvalue weighted by atomic mass is 32.2. The van der Waals surface area contributed by atoms with Gasteiger partial charge in [-0.25, -0.2) is 18.4 Å². The Balaban J connectivity index is 1.44. The van der Waals surface area contributed by atoms with Gasteiger partial charge >= 0.3 is 0 Å². The van der Waals surface area contributed by atoms with Gasteiger partial charge in [0.2, 0.25) is 0 Å². The fourth-order valence-corrected chi connectivity index (χ4v) is 5.32. The molecule has 0 aliphatic heterocycles. The van der Waals surface area contributed by atoms with Gasteiger partial charge in [0.1, 0.15) is 5.52 Å². The van der Waals surface area contributed by atoms with Crippen molar-refractivity contribution >= 4 is 26.9 Å². The Kier molecular flexibility index (Phi) is 5.45. The predicted octanol–water partition coefficient (Wildman–Crippen LogP) is 3.20. The van der Waals surface area contributed by atoms with Gasteiger partial charge in [0.15, 0.2) is 15.5 Å². The molecule has 34 heavy (non-hydrogen) atoms. The molecule has 0 saturated heterocycles. The van der Waals surface area contributed by atoms with Crippen LogP contribution >= 0.6 is 0 Å². The molecule has 8 nitrogen and oxygen atoms in total. The maximum Gasteiger partial charge on any atom is 0.255 e. The second-order valence-corrected chi connectivity index (χ2v) is 11.2. The third-order valence-corrected chi connectivity index (χ3v) is 8.39. The van der Waals surface area contributed by atoms with Crippen molar-refractivity contribution in [2.24, 2.45) is 0 Å². The smallest absolute Gasteiger partial charge is 0.255 e. The number of nitrogens with zero attached hydrogens (tertiary/aromatic N) is 2. The van der Waals surface area contributed by atoms with E-state index in [-0.39, 0.29) is 10.8 Å². The summed E-state index contributed by atoms with van der Waals surface area (Å²) in [5, 5.41) is 12.9. The van der Waals surface area contributed by atoms with Gasteiger partial charge in [-0.1, -0.05) is 36.4 Å². The fourth-order valence-electron chi connectivity index (χ4n) is 4.26. The Morgan fingerprint density at radius 2 is 1.88 bits per heavy atom. The quantitative estimate of drug-likeness (QED) is 0.406. The van der Waals surface area contributed by atoms with Crippen LogP contribution in [0, 0.1) is 0 Å². The molecule has 2 heterocycles. The number of H-pyrrole nitrogens is 1. The average molecular weight is 477 g/mol. The summed E-state index contributed by atoms with van der Waals surface area (Å²) in [5.41, 5.74) is 4.30. The van der Waals surface area contributed by atoms with Crippen LogP contribution in [0.25, 0.3) is 22.4 Å². The van der Waals surface area contributed by atoms with E-state index in [1.165, 1.54) is 0 Å². The highest BCUT2D eigenvalue weighted by Gasteiger charge is 2.32. The van der Waals surface area contributed by atoms with Crippen molar-refractivity contribution < 1.29 is 18.3 Å². The van der Waals surface area contributed by atoms with Gasteiger partial charge in [-0.2, -0.15) is 0 Å². The van der Waals surface area contributed by atoms with Gasteiger partial charge in [-0.05, 0) is 37.1 Å². The number of aliphatic hydroxyl groups is 1. The van der Waals surface area contributed by atoms with Crippen LogP contribution in [0.2, 0.25) is 0 Å². The molecule has 174 valence electrons. The van der Waals surface area contributed by atoms with Crippen LogP contribution in [0.15, 0.2) is 65.8 Å². The van der Waals surface area contributed by atoms with Crippen LogP contribution in [0.3, 0.4) is 0 Å². The third-order valence-electron chi connectivity index (χ3n) is 6.22. The molecule has 1 aliphatic rings. The maximum absolute atomic E-state index is 13.1. The first-order valence-electron chi connectivity index (χ1n) is 11.0. The number of sulfone groups is 1. The number of hydrogen-bond acceptors (Lipinski definition) is 6. The van der Waals surface area contributed by atoms with E-state index in [4.69, 9.17) is 0 Å². The molecule has 4 aromatic rings. The number of aromatic nitrogens is 3. The number of carbonyl (C=O) groups is 1. The highest BCUT2D eigenvalue weighted by molar-refractivity contribution is 7.92. The van der Waals surface area contributed by atoms with E-state index in [0.29, 0.717) is 34.4 Å².